The lowest BCUT2D eigenvalue weighted by Gasteiger charge is -2.20. The molecule has 0 saturated carbocycles. The lowest BCUT2D eigenvalue weighted by molar-refractivity contribution is -0.143. The highest BCUT2D eigenvalue weighted by Gasteiger charge is 2.24. The molecule has 2 atom stereocenters. The summed E-state index contributed by atoms with van der Waals surface area (Å²) in [6.45, 7) is 6.67. The van der Waals surface area contributed by atoms with Crippen LogP contribution >= 0.6 is 0 Å². The van der Waals surface area contributed by atoms with Crippen LogP contribution in [-0.4, -0.2) is 36.2 Å². The van der Waals surface area contributed by atoms with Gasteiger partial charge >= 0.3 is 5.97 Å². The van der Waals surface area contributed by atoms with Crippen LogP contribution in [0.5, 0.6) is 0 Å². The summed E-state index contributed by atoms with van der Waals surface area (Å²) in [5, 5.41) is 11.5. The van der Waals surface area contributed by atoms with E-state index in [0.717, 1.165) is 6.42 Å². The van der Waals surface area contributed by atoms with Crippen molar-refractivity contribution >= 4 is 11.9 Å². The minimum absolute atomic E-state index is 0.0759. The summed E-state index contributed by atoms with van der Waals surface area (Å²) in [5.74, 6) is -1.33. The summed E-state index contributed by atoms with van der Waals surface area (Å²) in [4.78, 5) is 22.5. The molecule has 0 aliphatic rings. The van der Waals surface area contributed by atoms with Crippen LogP contribution < -0.4 is 5.32 Å². The number of carbonyl (C=O) groups excluding carboxylic acids is 1. The number of rotatable bonds is 9. The Balaban J connectivity index is 4.00. The maximum absolute atomic E-state index is 11.5. The number of carbonyl (C=O) groups is 2. The molecular weight excluding hydrogens is 222 g/mol. The van der Waals surface area contributed by atoms with Crippen molar-refractivity contribution in [3.05, 3.63) is 0 Å². The second-order valence-electron chi connectivity index (χ2n) is 4.13. The molecule has 1 amide bonds. The lowest BCUT2D eigenvalue weighted by atomic mass is 9.99. The van der Waals surface area contributed by atoms with Crippen molar-refractivity contribution in [3.8, 4) is 0 Å². The number of carboxylic acid groups (broad SMARTS) is 1. The minimum Gasteiger partial charge on any atom is -0.480 e. The molecule has 0 bridgehead atoms. The molecule has 0 heterocycles. The van der Waals surface area contributed by atoms with E-state index in [1.54, 1.807) is 0 Å². The van der Waals surface area contributed by atoms with Crippen molar-refractivity contribution < 1.29 is 19.4 Å². The highest BCUT2D eigenvalue weighted by molar-refractivity contribution is 5.83. The first-order valence-corrected chi connectivity index (χ1v) is 6.12. The summed E-state index contributed by atoms with van der Waals surface area (Å²) >= 11 is 0. The lowest BCUT2D eigenvalue weighted by Crippen LogP contribution is -2.45. The molecule has 5 heteroatoms. The van der Waals surface area contributed by atoms with Gasteiger partial charge in [0.1, 0.15) is 6.04 Å². The van der Waals surface area contributed by atoms with E-state index in [9.17, 15) is 9.59 Å². The van der Waals surface area contributed by atoms with Crippen LogP contribution in [0.25, 0.3) is 0 Å². The topological polar surface area (TPSA) is 75.6 Å². The normalized spacial score (nSPS) is 14.1. The van der Waals surface area contributed by atoms with Crippen molar-refractivity contribution in [2.75, 3.05) is 13.2 Å². The molecule has 0 aromatic heterocycles. The highest BCUT2D eigenvalue weighted by Crippen LogP contribution is 2.08. The van der Waals surface area contributed by atoms with Crippen LogP contribution in [0, 0.1) is 5.92 Å². The molecule has 100 valence electrons. The number of carboxylic acids is 1. The summed E-state index contributed by atoms with van der Waals surface area (Å²) < 4.78 is 5.17. The van der Waals surface area contributed by atoms with Gasteiger partial charge in [0.25, 0.3) is 0 Å². The SMILES string of the molecule is CCCOCCC(=O)N[C@H](C(=O)O)[C@@H](C)CC. The first-order valence-electron chi connectivity index (χ1n) is 6.12. The Hall–Kier alpha value is -1.10. The summed E-state index contributed by atoms with van der Waals surface area (Å²) in [6, 6.07) is -0.807. The summed E-state index contributed by atoms with van der Waals surface area (Å²) in [5.41, 5.74) is 0. The van der Waals surface area contributed by atoms with Crippen LogP contribution in [0.15, 0.2) is 0 Å². The van der Waals surface area contributed by atoms with Gasteiger partial charge in [0.15, 0.2) is 0 Å². The van der Waals surface area contributed by atoms with Gasteiger partial charge in [-0.05, 0) is 12.3 Å². The number of amides is 1. The molecule has 0 aliphatic carbocycles. The number of ether oxygens (including phenoxy) is 1. The Morgan fingerprint density at radius 3 is 2.41 bits per heavy atom. The zero-order valence-corrected chi connectivity index (χ0v) is 10.9. The Morgan fingerprint density at radius 1 is 1.29 bits per heavy atom. The average Bonchev–Trinajstić information content (AvgIpc) is 2.30. The summed E-state index contributed by atoms with van der Waals surface area (Å²) in [6.07, 6.45) is 1.83. The summed E-state index contributed by atoms with van der Waals surface area (Å²) in [7, 11) is 0. The van der Waals surface area contributed by atoms with Gasteiger partial charge in [-0.25, -0.2) is 4.79 Å². The second-order valence-corrected chi connectivity index (χ2v) is 4.13. The van der Waals surface area contributed by atoms with Crippen molar-refractivity contribution in [3.63, 3.8) is 0 Å². The van der Waals surface area contributed by atoms with E-state index in [0.29, 0.717) is 19.6 Å². The highest BCUT2D eigenvalue weighted by atomic mass is 16.5. The third-order valence-electron chi connectivity index (χ3n) is 2.62. The smallest absolute Gasteiger partial charge is 0.326 e. The van der Waals surface area contributed by atoms with Crippen molar-refractivity contribution in [1.29, 1.82) is 0 Å². The van der Waals surface area contributed by atoms with Crippen LogP contribution in [0.1, 0.15) is 40.0 Å². The zero-order valence-electron chi connectivity index (χ0n) is 10.9. The molecule has 5 nitrogen and oxygen atoms in total. The predicted octanol–water partition coefficient (Wildman–Crippen LogP) is 1.42. The van der Waals surface area contributed by atoms with Crippen LogP contribution in [0.4, 0.5) is 0 Å². The molecule has 0 saturated heterocycles. The maximum Gasteiger partial charge on any atom is 0.326 e. The fourth-order valence-electron chi connectivity index (χ4n) is 1.34. The van der Waals surface area contributed by atoms with Crippen LogP contribution in [-0.2, 0) is 14.3 Å². The predicted molar refractivity (Wildman–Crippen MR) is 64.7 cm³/mol. The monoisotopic (exact) mass is 245 g/mol. The molecule has 0 spiro atoms. The Morgan fingerprint density at radius 2 is 1.94 bits per heavy atom. The van der Waals surface area contributed by atoms with E-state index >= 15 is 0 Å². The third-order valence-corrected chi connectivity index (χ3v) is 2.62. The van der Waals surface area contributed by atoms with Crippen LogP contribution in [0.2, 0.25) is 0 Å². The molecular formula is C12H23NO4. The largest absolute Gasteiger partial charge is 0.480 e. The van der Waals surface area contributed by atoms with Gasteiger partial charge in [0.2, 0.25) is 5.91 Å². The number of hydrogen-bond donors (Lipinski definition) is 2. The number of nitrogens with one attached hydrogen (secondary N) is 1. The van der Waals surface area contributed by atoms with Crippen LogP contribution in [0.3, 0.4) is 0 Å². The number of hydrogen-bond acceptors (Lipinski definition) is 3. The van der Waals surface area contributed by atoms with Gasteiger partial charge in [-0.1, -0.05) is 27.2 Å². The third kappa shape index (κ3) is 6.94. The van der Waals surface area contributed by atoms with E-state index < -0.39 is 12.0 Å². The molecule has 0 aromatic rings. The molecule has 0 aliphatic heterocycles. The first kappa shape index (κ1) is 15.9. The standard InChI is InChI=1S/C12H23NO4/c1-4-7-17-8-6-10(14)13-11(12(15)16)9(3)5-2/h9,11H,4-8H2,1-3H3,(H,13,14)(H,15,16)/t9-,11-/m0/s1. The van der Waals surface area contributed by atoms with Gasteiger partial charge in [-0.2, -0.15) is 0 Å². The van der Waals surface area contributed by atoms with Gasteiger partial charge in [-0.15, -0.1) is 0 Å². The van der Waals surface area contributed by atoms with E-state index in [1.165, 1.54) is 0 Å². The average molecular weight is 245 g/mol. The number of aliphatic carboxylic acids is 1. The van der Waals surface area contributed by atoms with Gasteiger partial charge in [0, 0.05) is 13.0 Å². The second kappa shape index (κ2) is 8.98. The molecule has 0 rings (SSSR count). The maximum atomic E-state index is 11.5. The fraction of sp³-hybridized carbons (Fsp3) is 0.833. The molecule has 17 heavy (non-hydrogen) atoms. The molecule has 0 fully saturated rings. The molecule has 0 unspecified atom stereocenters. The fourth-order valence-corrected chi connectivity index (χ4v) is 1.34. The van der Waals surface area contributed by atoms with Gasteiger partial charge in [0.05, 0.1) is 6.61 Å². The molecule has 0 radical (unpaired) electrons. The van der Waals surface area contributed by atoms with Crippen molar-refractivity contribution in [2.45, 2.75) is 46.1 Å². The van der Waals surface area contributed by atoms with Gasteiger partial charge in [-0.3, -0.25) is 4.79 Å². The van der Waals surface area contributed by atoms with Gasteiger partial charge < -0.3 is 15.2 Å². The van der Waals surface area contributed by atoms with E-state index in [2.05, 4.69) is 5.32 Å². The van der Waals surface area contributed by atoms with Crippen molar-refractivity contribution in [2.24, 2.45) is 5.92 Å². The quantitative estimate of drug-likeness (QED) is 0.602. The Bertz CT molecular complexity index is 243. The first-order chi connectivity index (χ1) is 8.02. The molecule has 2 N–H and O–H groups in total. The van der Waals surface area contributed by atoms with Crippen molar-refractivity contribution in [1.82, 2.24) is 5.32 Å². The zero-order chi connectivity index (χ0) is 13.3. The van der Waals surface area contributed by atoms with E-state index in [1.807, 2.05) is 20.8 Å². The van der Waals surface area contributed by atoms with E-state index in [4.69, 9.17) is 9.84 Å². The Kier molecular flexibility index (Phi) is 8.40. The molecule has 0 aromatic carbocycles. The Labute approximate surface area is 103 Å². The van der Waals surface area contributed by atoms with E-state index in [-0.39, 0.29) is 18.2 Å². The minimum atomic E-state index is -0.984.